The van der Waals surface area contributed by atoms with Crippen molar-refractivity contribution < 1.29 is 47.3 Å². The Labute approximate surface area is 292 Å². The maximum atomic E-state index is 12.8. The van der Waals surface area contributed by atoms with E-state index in [0.717, 1.165) is 31.2 Å². The number of nitrogens with zero attached hydrogens (tertiary/aromatic N) is 4. The highest BCUT2D eigenvalue weighted by molar-refractivity contribution is 5.83. The average Bonchev–Trinajstić information content (AvgIpc) is 3.75. The maximum Gasteiger partial charge on any atom is 0.329 e. The summed E-state index contributed by atoms with van der Waals surface area (Å²) in [4.78, 5) is 58.7. The number of hydrogen-bond donors (Lipinski definition) is 1. The van der Waals surface area contributed by atoms with Crippen LogP contribution in [0.15, 0.2) is 75.6 Å². The molecule has 2 aliphatic heterocycles. The van der Waals surface area contributed by atoms with Gasteiger partial charge in [-0.25, -0.2) is 9.59 Å². The molecule has 2 fully saturated rings. The number of carboxylic acids is 1. The van der Waals surface area contributed by atoms with Crippen molar-refractivity contribution in [2.75, 3.05) is 22.9 Å². The molecule has 0 aliphatic carbocycles. The van der Waals surface area contributed by atoms with Crippen molar-refractivity contribution in [3.8, 4) is 11.5 Å². The van der Waals surface area contributed by atoms with Crippen molar-refractivity contribution in [1.82, 2.24) is 9.97 Å². The fourth-order valence-electron chi connectivity index (χ4n) is 6.14. The first-order chi connectivity index (χ1) is 24.6. The number of benzene rings is 3. The number of esters is 3. The Balaban J connectivity index is 0.000000183. The van der Waals surface area contributed by atoms with Gasteiger partial charge in [0, 0.05) is 39.1 Å². The minimum absolute atomic E-state index is 0.239. The maximum absolute atomic E-state index is 12.8. The van der Waals surface area contributed by atoms with E-state index in [9.17, 15) is 24.3 Å². The number of ether oxygens (including phenoxy) is 3. The molecule has 2 saturated heterocycles. The third-order valence-corrected chi connectivity index (χ3v) is 8.50. The molecule has 0 saturated carbocycles. The summed E-state index contributed by atoms with van der Waals surface area (Å²) in [5.74, 6) is -1.21. The van der Waals surface area contributed by atoms with Gasteiger partial charge in [-0.15, -0.1) is 0 Å². The molecule has 1 N–H and O–H groups in total. The summed E-state index contributed by atoms with van der Waals surface area (Å²) in [6.07, 6.45) is 4.93. The zero-order chi connectivity index (χ0) is 35.9. The summed E-state index contributed by atoms with van der Waals surface area (Å²) in [7, 11) is 0. The number of hydrogen-bond acceptors (Lipinski definition) is 13. The van der Waals surface area contributed by atoms with Gasteiger partial charge in [0.25, 0.3) is 12.0 Å². The summed E-state index contributed by atoms with van der Waals surface area (Å²) in [6, 6.07) is 19.1. The van der Waals surface area contributed by atoms with Crippen LogP contribution in [0.3, 0.4) is 0 Å². The molecular weight excluding hydrogens is 660 g/mol. The molecule has 5 aromatic rings. The molecular formula is C37H38N4O10. The summed E-state index contributed by atoms with van der Waals surface area (Å²) in [6.45, 7) is 4.16. The van der Waals surface area contributed by atoms with Crippen molar-refractivity contribution in [3.63, 3.8) is 0 Å². The number of carbonyl (C=O) groups excluding carboxylic acids is 3. The molecule has 0 radical (unpaired) electrons. The smallest absolute Gasteiger partial charge is 0.329 e. The first-order valence-electron chi connectivity index (χ1n) is 16.8. The topological polar surface area (TPSA) is 175 Å². The van der Waals surface area contributed by atoms with Gasteiger partial charge in [-0.1, -0.05) is 30.3 Å². The van der Waals surface area contributed by atoms with Crippen LogP contribution in [0.1, 0.15) is 57.9 Å². The van der Waals surface area contributed by atoms with Crippen LogP contribution in [0.25, 0.3) is 22.2 Å². The van der Waals surface area contributed by atoms with Crippen LogP contribution in [-0.2, 0) is 30.5 Å². The third kappa shape index (κ3) is 8.63. The molecule has 266 valence electrons. The van der Waals surface area contributed by atoms with E-state index in [1.807, 2.05) is 35.2 Å². The van der Waals surface area contributed by atoms with E-state index in [4.69, 9.17) is 23.0 Å². The van der Waals surface area contributed by atoms with Gasteiger partial charge in [-0.2, -0.15) is 9.97 Å². The van der Waals surface area contributed by atoms with E-state index in [1.165, 1.54) is 13.8 Å². The van der Waals surface area contributed by atoms with Crippen molar-refractivity contribution in [3.05, 3.63) is 72.3 Å². The molecule has 7 rings (SSSR count). The SMILES string of the molecule is CC(=O)Oc1ccc2nc(N3CCCC[C@H]3C(=O)O)oc2c1.CC(=O)Oc1ccc2nc(N3CCCC[C@H]3C(=O)OCc3ccccc3)oc2c1. The van der Waals surface area contributed by atoms with Crippen LogP contribution in [0.2, 0.25) is 0 Å². The quantitative estimate of drug-likeness (QED) is 0.146. The molecule has 2 aliphatic rings. The first-order valence-corrected chi connectivity index (χ1v) is 16.8. The third-order valence-electron chi connectivity index (χ3n) is 8.50. The largest absolute Gasteiger partial charge is 0.480 e. The van der Waals surface area contributed by atoms with E-state index >= 15 is 0 Å². The van der Waals surface area contributed by atoms with Crippen LogP contribution >= 0.6 is 0 Å². The average molecular weight is 699 g/mol. The Hall–Kier alpha value is -5.92. The number of anilines is 2. The number of piperidine rings is 2. The van der Waals surface area contributed by atoms with Crippen LogP contribution in [-0.4, -0.2) is 64.1 Å². The fraction of sp³-hybridized carbons (Fsp3) is 0.351. The number of aliphatic carboxylic acids is 1. The highest BCUT2D eigenvalue weighted by atomic mass is 16.5. The van der Waals surface area contributed by atoms with E-state index in [2.05, 4.69) is 9.97 Å². The Morgan fingerprint density at radius 3 is 1.75 bits per heavy atom. The van der Waals surface area contributed by atoms with E-state index < -0.39 is 30.0 Å². The van der Waals surface area contributed by atoms with Crippen molar-refractivity contribution in [2.45, 2.75) is 71.1 Å². The highest BCUT2D eigenvalue weighted by Gasteiger charge is 2.34. The second kappa shape index (κ2) is 15.7. The Kier molecular flexibility index (Phi) is 10.8. The number of oxazole rings is 2. The van der Waals surface area contributed by atoms with Gasteiger partial charge in [0.1, 0.15) is 41.2 Å². The highest BCUT2D eigenvalue weighted by Crippen LogP contribution is 2.32. The van der Waals surface area contributed by atoms with Crippen LogP contribution < -0.4 is 19.3 Å². The molecule has 3 aromatic carbocycles. The molecule has 2 aromatic heterocycles. The van der Waals surface area contributed by atoms with E-state index in [-0.39, 0.29) is 12.6 Å². The Morgan fingerprint density at radius 1 is 0.725 bits per heavy atom. The monoisotopic (exact) mass is 698 g/mol. The van der Waals surface area contributed by atoms with Gasteiger partial charge < -0.3 is 38.0 Å². The lowest BCUT2D eigenvalue weighted by atomic mass is 10.0. The number of carboxylic acid groups (broad SMARTS) is 1. The Morgan fingerprint density at radius 2 is 1.24 bits per heavy atom. The molecule has 2 atom stereocenters. The van der Waals surface area contributed by atoms with E-state index in [1.54, 1.807) is 41.3 Å². The summed E-state index contributed by atoms with van der Waals surface area (Å²) < 4.78 is 27.2. The van der Waals surface area contributed by atoms with Gasteiger partial charge in [0.15, 0.2) is 11.2 Å². The lowest BCUT2D eigenvalue weighted by Crippen LogP contribution is -2.45. The van der Waals surface area contributed by atoms with Crippen LogP contribution in [0.4, 0.5) is 12.0 Å². The number of fused-ring (bicyclic) bond motifs is 2. The molecule has 14 heteroatoms. The normalized spacial score (nSPS) is 17.4. The minimum atomic E-state index is -0.873. The second-order valence-corrected chi connectivity index (χ2v) is 12.3. The van der Waals surface area contributed by atoms with Gasteiger partial charge in [-0.3, -0.25) is 9.59 Å². The number of rotatable bonds is 8. The van der Waals surface area contributed by atoms with Crippen LogP contribution in [0.5, 0.6) is 11.5 Å². The zero-order valence-electron chi connectivity index (χ0n) is 28.3. The van der Waals surface area contributed by atoms with Gasteiger partial charge in [0.05, 0.1) is 0 Å². The van der Waals surface area contributed by atoms with Crippen molar-refractivity contribution in [1.29, 1.82) is 0 Å². The van der Waals surface area contributed by atoms with Gasteiger partial charge in [0.2, 0.25) is 0 Å². The van der Waals surface area contributed by atoms with Crippen molar-refractivity contribution >= 4 is 58.1 Å². The first kappa shape index (κ1) is 34.9. The van der Waals surface area contributed by atoms with Gasteiger partial charge >= 0.3 is 23.9 Å². The molecule has 51 heavy (non-hydrogen) atoms. The predicted molar refractivity (Wildman–Crippen MR) is 184 cm³/mol. The molecule has 0 amide bonds. The second-order valence-electron chi connectivity index (χ2n) is 12.3. The summed E-state index contributed by atoms with van der Waals surface area (Å²) in [5.41, 5.74) is 3.14. The Bertz CT molecular complexity index is 2020. The molecule has 14 nitrogen and oxygen atoms in total. The lowest BCUT2D eigenvalue weighted by molar-refractivity contribution is -0.147. The zero-order valence-corrected chi connectivity index (χ0v) is 28.3. The number of carbonyl (C=O) groups is 4. The van der Waals surface area contributed by atoms with Crippen LogP contribution in [0, 0.1) is 0 Å². The fourth-order valence-corrected chi connectivity index (χ4v) is 6.14. The van der Waals surface area contributed by atoms with Gasteiger partial charge in [-0.05, 0) is 68.4 Å². The molecule has 0 unspecified atom stereocenters. The number of aromatic nitrogens is 2. The lowest BCUT2D eigenvalue weighted by Gasteiger charge is -2.32. The minimum Gasteiger partial charge on any atom is -0.480 e. The standard InChI is InChI=1S/C22H22N2O5.C15H16N2O5/c1-15(25)28-17-10-11-18-20(13-17)29-22(23-18)24-12-6-5-9-19(24)21(26)27-14-16-7-3-2-4-8-16;1-9(18)21-10-5-6-11-13(8-10)22-15(16-11)17-7-3-2-4-12(17)14(19)20/h2-4,7-8,10-11,13,19H,5-6,9,12,14H2,1H3;5-6,8,12H,2-4,7H2,1H3,(H,19,20)/t19-;12-/m00/s1. The summed E-state index contributed by atoms with van der Waals surface area (Å²) >= 11 is 0. The van der Waals surface area contributed by atoms with Crippen molar-refractivity contribution in [2.24, 2.45) is 0 Å². The molecule has 0 bridgehead atoms. The predicted octanol–water partition coefficient (Wildman–Crippen LogP) is 6.05. The molecule has 0 spiro atoms. The summed E-state index contributed by atoms with van der Waals surface area (Å²) in [5, 5.41) is 9.32. The van der Waals surface area contributed by atoms with E-state index in [0.29, 0.717) is 71.7 Å². The molecule has 4 heterocycles.